The van der Waals surface area contributed by atoms with Crippen molar-refractivity contribution in [1.82, 2.24) is 0 Å². The zero-order valence-electron chi connectivity index (χ0n) is 2.75. The molecule has 0 unspecified atom stereocenters. The van der Waals surface area contributed by atoms with Gasteiger partial charge in [0.1, 0.15) is 0 Å². The van der Waals surface area contributed by atoms with E-state index < -0.39 is 10.4 Å². The Balaban J connectivity index is 0. The fraction of sp³-hybridized carbons (Fsp3) is 0. The smallest absolute Gasteiger partial charge is 0.0311 e. The van der Waals surface area contributed by atoms with Crippen LogP contribution in [0.3, 0.4) is 0 Å². The molecule has 0 radical (unpaired) electrons. The second-order valence-electron chi connectivity index (χ2n) is 0.408. The average Bonchev–Trinajstić information content (AvgIpc) is 0.722. The first-order valence-electron chi connectivity index (χ1n) is 0.667. The van der Waals surface area contributed by atoms with Crippen LogP contribution in [0.15, 0.2) is 0 Å². The maximum Gasteiger partial charge on any atom is 0.0311 e. The Hall–Kier alpha value is 0.805. The van der Waals surface area contributed by atoms with Gasteiger partial charge in [0.05, 0.1) is 0 Å². The molecule has 0 aromatic rings. The van der Waals surface area contributed by atoms with Gasteiger partial charge in [0.25, 0.3) is 0 Å². The van der Waals surface area contributed by atoms with Crippen molar-refractivity contribution in [3.8, 4) is 0 Å². The van der Waals surface area contributed by atoms with Crippen LogP contribution in [0.1, 0.15) is 0 Å². The van der Waals surface area contributed by atoms with Crippen molar-refractivity contribution < 1.29 is 45.2 Å². The van der Waals surface area contributed by atoms with Crippen molar-refractivity contribution in [3.63, 3.8) is 0 Å². The van der Waals surface area contributed by atoms with E-state index in [1.807, 2.05) is 0 Å². The second kappa shape index (κ2) is 2.89. The van der Waals surface area contributed by atoms with Gasteiger partial charge < -0.3 is 9.11 Å². The normalized spacial score (nSPS) is 9.67. The van der Waals surface area contributed by atoms with Crippen molar-refractivity contribution in [1.29, 1.82) is 0 Å². The fourth-order valence-electron chi connectivity index (χ4n) is 0. The van der Waals surface area contributed by atoms with E-state index in [0.29, 0.717) is 0 Å². The molecule has 0 aliphatic carbocycles. The molecule has 0 saturated carbocycles. The minimum atomic E-state index is -5.17. The van der Waals surface area contributed by atoms with Gasteiger partial charge in [0.2, 0.25) is 0 Å². The molecule has 0 aromatic carbocycles. The topological polar surface area (TPSA) is 80.3 Å². The molecule has 6 heteroatoms. The molecule has 6 heavy (non-hydrogen) atoms. The van der Waals surface area contributed by atoms with Crippen molar-refractivity contribution in [3.05, 3.63) is 0 Å². The molecule has 0 spiro atoms. The van der Waals surface area contributed by atoms with Crippen LogP contribution in [0, 0.1) is 0 Å². The molecular formula is HgO4S-2. The summed E-state index contributed by atoms with van der Waals surface area (Å²) in [6.07, 6.45) is 0. The monoisotopic (exact) mass is 298 g/mol. The third-order valence-corrected chi connectivity index (χ3v) is 0. The van der Waals surface area contributed by atoms with Gasteiger partial charge in [-0.15, -0.1) is 0 Å². The van der Waals surface area contributed by atoms with Crippen molar-refractivity contribution in [2.24, 2.45) is 0 Å². The van der Waals surface area contributed by atoms with E-state index in [2.05, 4.69) is 0 Å². The minimum Gasteiger partial charge on any atom is -0.759 e. The molecule has 0 fully saturated rings. The van der Waals surface area contributed by atoms with Crippen molar-refractivity contribution in [2.45, 2.75) is 0 Å². The summed E-state index contributed by atoms with van der Waals surface area (Å²) in [5.74, 6) is 0. The molecule has 0 bridgehead atoms. The Kier molecular flexibility index (Phi) is 4.79. The Morgan fingerprint density at radius 3 is 1.17 bits per heavy atom. The second-order valence-corrected chi connectivity index (χ2v) is 1.22. The molecule has 0 saturated heterocycles. The van der Waals surface area contributed by atoms with E-state index in [-0.39, 0.29) is 27.7 Å². The zero-order chi connectivity index (χ0) is 4.50. The van der Waals surface area contributed by atoms with Gasteiger partial charge in [0.15, 0.2) is 0 Å². The van der Waals surface area contributed by atoms with Crippen LogP contribution in [-0.4, -0.2) is 17.5 Å². The third kappa shape index (κ3) is 107. The minimum absolute atomic E-state index is 0. The maximum absolute atomic E-state index is 8.52. The van der Waals surface area contributed by atoms with Gasteiger partial charge in [0, 0.05) is 38.1 Å². The van der Waals surface area contributed by atoms with Crippen molar-refractivity contribution >= 4 is 10.4 Å². The molecule has 34 valence electrons. The number of hydrogen-bond acceptors (Lipinski definition) is 4. The van der Waals surface area contributed by atoms with Crippen LogP contribution in [0.4, 0.5) is 0 Å². The fourth-order valence-corrected chi connectivity index (χ4v) is 0. The Bertz CT molecular complexity index is 90.7. The molecule has 0 amide bonds. The Morgan fingerprint density at radius 1 is 1.17 bits per heavy atom. The van der Waals surface area contributed by atoms with Crippen LogP contribution in [0.2, 0.25) is 0 Å². The van der Waals surface area contributed by atoms with Gasteiger partial charge in [-0.3, -0.25) is 8.42 Å². The first-order valence-corrected chi connectivity index (χ1v) is 2.00. The van der Waals surface area contributed by atoms with Crippen LogP contribution in [-0.2, 0) is 38.1 Å². The summed E-state index contributed by atoms with van der Waals surface area (Å²) >= 11 is 0. The molecule has 0 aliphatic rings. The molecule has 0 atom stereocenters. The maximum atomic E-state index is 8.52. The van der Waals surface area contributed by atoms with Crippen LogP contribution < -0.4 is 0 Å². The number of rotatable bonds is 0. The molecule has 0 aromatic heterocycles. The van der Waals surface area contributed by atoms with Gasteiger partial charge in [-0.25, -0.2) is 0 Å². The van der Waals surface area contributed by atoms with Crippen LogP contribution in [0.25, 0.3) is 0 Å². The van der Waals surface area contributed by atoms with Crippen molar-refractivity contribution in [2.75, 3.05) is 0 Å². The molecule has 0 N–H and O–H groups in total. The van der Waals surface area contributed by atoms with E-state index in [4.69, 9.17) is 17.5 Å². The van der Waals surface area contributed by atoms with E-state index in [1.54, 1.807) is 0 Å². The van der Waals surface area contributed by atoms with E-state index in [1.165, 1.54) is 0 Å². The van der Waals surface area contributed by atoms with E-state index in [0.717, 1.165) is 0 Å². The summed E-state index contributed by atoms with van der Waals surface area (Å²) in [5, 5.41) is 0. The summed E-state index contributed by atoms with van der Waals surface area (Å²) in [5.41, 5.74) is 0. The summed E-state index contributed by atoms with van der Waals surface area (Å²) in [7, 11) is -5.17. The molecule has 0 aliphatic heterocycles. The van der Waals surface area contributed by atoms with Gasteiger partial charge in [-0.1, -0.05) is 0 Å². The Morgan fingerprint density at radius 2 is 1.17 bits per heavy atom. The van der Waals surface area contributed by atoms with Gasteiger partial charge in [-0.2, -0.15) is 0 Å². The molecular weight excluding hydrogens is 297 g/mol. The van der Waals surface area contributed by atoms with Gasteiger partial charge >= 0.3 is 0 Å². The largest absolute Gasteiger partial charge is 0.759 e. The first-order chi connectivity index (χ1) is 2.00. The summed E-state index contributed by atoms with van der Waals surface area (Å²) in [6.45, 7) is 0. The van der Waals surface area contributed by atoms with E-state index in [9.17, 15) is 0 Å². The molecule has 4 nitrogen and oxygen atoms in total. The summed E-state index contributed by atoms with van der Waals surface area (Å²) < 4.78 is 34.1. The SMILES string of the molecule is O=S(=O)([O-])[O-].[Hg]. The van der Waals surface area contributed by atoms with Crippen LogP contribution in [0.5, 0.6) is 0 Å². The summed E-state index contributed by atoms with van der Waals surface area (Å²) in [6, 6.07) is 0. The third-order valence-electron chi connectivity index (χ3n) is 0. The molecule has 0 rings (SSSR count). The van der Waals surface area contributed by atoms with Gasteiger partial charge in [-0.05, 0) is 0 Å². The summed E-state index contributed by atoms with van der Waals surface area (Å²) in [4.78, 5) is 0. The van der Waals surface area contributed by atoms with Crippen LogP contribution >= 0.6 is 0 Å². The average molecular weight is 297 g/mol. The number of hydrogen-bond donors (Lipinski definition) is 0. The Labute approximate surface area is 55.6 Å². The predicted molar refractivity (Wildman–Crippen MR) is 10.5 cm³/mol. The molecule has 0 heterocycles. The standard InChI is InChI=1S/Hg.H2O4S/c;1-5(2,3)4/h;(H2,1,2,3,4)/p-2. The predicted octanol–water partition coefficient (Wildman–Crippen LogP) is -1.34. The quantitative estimate of drug-likeness (QED) is 0.315. The zero-order valence-corrected chi connectivity index (χ0v) is 9.06. The van der Waals surface area contributed by atoms with E-state index >= 15 is 0 Å². The first kappa shape index (κ1) is 9.93.